The molecule has 0 bridgehead atoms. The third-order valence-electron chi connectivity index (χ3n) is 5.28. The number of piperidine rings is 1. The quantitative estimate of drug-likeness (QED) is 0.859. The molecular formula is C16H28N2O3. The number of carbonyl (C=O) groups is 2. The van der Waals surface area contributed by atoms with Gasteiger partial charge in [-0.3, -0.25) is 9.59 Å². The summed E-state index contributed by atoms with van der Waals surface area (Å²) in [5.41, 5.74) is 0. The highest BCUT2D eigenvalue weighted by atomic mass is 16.4. The van der Waals surface area contributed by atoms with E-state index in [1.54, 1.807) is 0 Å². The molecule has 0 aromatic heterocycles. The van der Waals surface area contributed by atoms with Gasteiger partial charge >= 0.3 is 5.97 Å². The van der Waals surface area contributed by atoms with Crippen molar-refractivity contribution in [3.8, 4) is 0 Å². The Labute approximate surface area is 127 Å². The molecule has 2 rings (SSSR count). The predicted molar refractivity (Wildman–Crippen MR) is 81.0 cm³/mol. The Morgan fingerprint density at radius 2 is 1.67 bits per heavy atom. The van der Waals surface area contributed by atoms with Crippen molar-refractivity contribution in [3.63, 3.8) is 0 Å². The van der Waals surface area contributed by atoms with Crippen LogP contribution in [0.2, 0.25) is 0 Å². The normalized spacial score (nSPS) is 28.0. The van der Waals surface area contributed by atoms with Crippen molar-refractivity contribution in [2.45, 2.75) is 58.0 Å². The lowest BCUT2D eigenvalue weighted by molar-refractivity contribution is -0.149. The van der Waals surface area contributed by atoms with Crippen LogP contribution in [0.5, 0.6) is 0 Å². The molecule has 1 N–H and O–H groups in total. The molecule has 2 unspecified atom stereocenters. The molecule has 5 nitrogen and oxygen atoms in total. The van der Waals surface area contributed by atoms with Crippen molar-refractivity contribution in [1.82, 2.24) is 9.80 Å². The average Bonchev–Trinajstić information content (AvgIpc) is 2.95. The minimum atomic E-state index is -0.811. The van der Waals surface area contributed by atoms with Crippen molar-refractivity contribution in [2.24, 2.45) is 11.8 Å². The second-order valence-corrected chi connectivity index (χ2v) is 6.79. The number of carbonyl (C=O) groups excluding carboxylic acids is 1. The van der Waals surface area contributed by atoms with Crippen molar-refractivity contribution in [1.29, 1.82) is 0 Å². The van der Waals surface area contributed by atoms with E-state index >= 15 is 0 Å². The van der Waals surface area contributed by atoms with Gasteiger partial charge < -0.3 is 14.9 Å². The Morgan fingerprint density at radius 3 is 2.19 bits per heavy atom. The van der Waals surface area contributed by atoms with E-state index in [4.69, 9.17) is 0 Å². The molecule has 1 aliphatic heterocycles. The Bertz CT molecular complexity index is 389. The first kappa shape index (κ1) is 16.3. The molecule has 1 aliphatic carbocycles. The van der Waals surface area contributed by atoms with E-state index < -0.39 is 11.9 Å². The van der Waals surface area contributed by atoms with Crippen LogP contribution in [-0.4, -0.2) is 59.0 Å². The first-order valence-corrected chi connectivity index (χ1v) is 8.15. The molecule has 0 aromatic rings. The van der Waals surface area contributed by atoms with Crippen molar-refractivity contribution in [3.05, 3.63) is 0 Å². The molecule has 0 spiro atoms. The van der Waals surface area contributed by atoms with Crippen molar-refractivity contribution >= 4 is 11.9 Å². The van der Waals surface area contributed by atoms with Gasteiger partial charge in [-0.05, 0) is 39.5 Å². The van der Waals surface area contributed by atoms with Gasteiger partial charge in [-0.15, -0.1) is 0 Å². The summed E-state index contributed by atoms with van der Waals surface area (Å²) in [6, 6.07) is 0.820. The van der Waals surface area contributed by atoms with Gasteiger partial charge in [0.15, 0.2) is 0 Å². The topological polar surface area (TPSA) is 60.9 Å². The minimum absolute atomic E-state index is 0.0443. The molecule has 1 amide bonds. The third-order valence-corrected chi connectivity index (χ3v) is 5.28. The summed E-state index contributed by atoms with van der Waals surface area (Å²) in [6.45, 7) is 6.44. The lowest BCUT2D eigenvalue weighted by Crippen LogP contribution is -2.49. The second-order valence-electron chi connectivity index (χ2n) is 6.79. The molecule has 1 heterocycles. The Kier molecular flexibility index (Phi) is 5.25. The summed E-state index contributed by atoms with van der Waals surface area (Å²) in [7, 11) is 1.86. The fraction of sp³-hybridized carbons (Fsp3) is 0.875. The van der Waals surface area contributed by atoms with Gasteiger partial charge in [0.2, 0.25) is 5.91 Å². The van der Waals surface area contributed by atoms with E-state index in [1.165, 1.54) is 0 Å². The highest BCUT2D eigenvalue weighted by Crippen LogP contribution is 2.34. The molecule has 120 valence electrons. The van der Waals surface area contributed by atoms with Crippen LogP contribution >= 0.6 is 0 Å². The van der Waals surface area contributed by atoms with Crippen LogP contribution in [-0.2, 0) is 9.59 Å². The van der Waals surface area contributed by atoms with Gasteiger partial charge in [0.1, 0.15) is 0 Å². The monoisotopic (exact) mass is 296 g/mol. The number of aliphatic carboxylic acids is 1. The fourth-order valence-corrected chi connectivity index (χ4v) is 3.78. The Morgan fingerprint density at radius 1 is 1.10 bits per heavy atom. The number of amides is 1. The average molecular weight is 296 g/mol. The van der Waals surface area contributed by atoms with Gasteiger partial charge in [-0.2, -0.15) is 0 Å². The van der Waals surface area contributed by atoms with Gasteiger partial charge in [0.25, 0.3) is 0 Å². The standard InChI is InChI=1S/C16H28N2O3/c1-11(2)18-9-7-12(8-10-18)17(3)15(19)13-5-4-6-14(13)16(20)21/h11-14H,4-10H2,1-3H3,(H,20,21). The van der Waals surface area contributed by atoms with Crippen LogP contribution in [0.15, 0.2) is 0 Å². The zero-order chi connectivity index (χ0) is 15.6. The van der Waals surface area contributed by atoms with Crippen LogP contribution in [0.4, 0.5) is 0 Å². The van der Waals surface area contributed by atoms with Crippen molar-refractivity contribution in [2.75, 3.05) is 20.1 Å². The molecule has 5 heteroatoms. The number of carboxylic acid groups (broad SMARTS) is 1. The van der Waals surface area contributed by atoms with E-state index in [2.05, 4.69) is 18.7 Å². The van der Waals surface area contributed by atoms with E-state index in [0.717, 1.165) is 38.8 Å². The van der Waals surface area contributed by atoms with E-state index in [-0.39, 0.29) is 17.9 Å². The zero-order valence-electron chi connectivity index (χ0n) is 13.4. The lowest BCUT2D eigenvalue weighted by atomic mass is 9.93. The number of rotatable bonds is 4. The molecule has 1 saturated carbocycles. The Hall–Kier alpha value is -1.10. The van der Waals surface area contributed by atoms with E-state index in [1.807, 2.05) is 11.9 Å². The molecule has 2 fully saturated rings. The lowest BCUT2D eigenvalue weighted by Gasteiger charge is -2.39. The largest absolute Gasteiger partial charge is 0.481 e. The number of hydrogen-bond donors (Lipinski definition) is 1. The fourth-order valence-electron chi connectivity index (χ4n) is 3.78. The molecule has 0 aromatic carbocycles. The number of nitrogens with zero attached hydrogens (tertiary/aromatic N) is 2. The maximum Gasteiger partial charge on any atom is 0.307 e. The first-order valence-electron chi connectivity index (χ1n) is 8.15. The van der Waals surface area contributed by atoms with E-state index in [0.29, 0.717) is 12.5 Å². The van der Waals surface area contributed by atoms with Gasteiger partial charge in [0, 0.05) is 32.2 Å². The van der Waals surface area contributed by atoms with Gasteiger partial charge in [-0.1, -0.05) is 6.42 Å². The molecule has 2 atom stereocenters. The number of carboxylic acids is 1. The summed E-state index contributed by atoms with van der Waals surface area (Å²) < 4.78 is 0. The smallest absolute Gasteiger partial charge is 0.307 e. The number of likely N-dealkylation sites (tertiary alicyclic amines) is 1. The highest BCUT2D eigenvalue weighted by molar-refractivity contribution is 5.85. The SMILES string of the molecule is CC(C)N1CCC(N(C)C(=O)C2CCCC2C(=O)O)CC1. The van der Waals surface area contributed by atoms with Crippen LogP contribution in [0.1, 0.15) is 46.0 Å². The predicted octanol–water partition coefficient (Wildman–Crippen LogP) is 1.82. The highest BCUT2D eigenvalue weighted by Gasteiger charge is 2.40. The zero-order valence-corrected chi connectivity index (χ0v) is 13.4. The minimum Gasteiger partial charge on any atom is -0.481 e. The second kappa shape index (κ2) is 6.77. The molecular weight excluding hydrogens is 268 g/mol. The summed E-state index contributed by atoms with van der Waals surface area (Å²) in [5.74, 6) is -1.55. The molecule has 1 saturated heterocycles. The maximum atomic E-state index is 12.6. The van der Waals surface area contributed by atoms with Gasteiger partial charge in [0.05, 0.1) is 11.8 Å². The van der Waals surface area contributed by atoms with Crippen LogP contribution in [0.25, 0.3) is 0 Å². The van der Waals surface area contributed by atoms with Crippen LogP contribution < -0.4 is 0 Å². The maximum absolute atomic E-state index is 12.6. The molecule has 21 heavy (non-hydrogen) atoms. The first-order chi connectivity index (χ1) is 9.91. The number of hydrogen-bond acceptors (Lipinski definition) is 3. The van der Waals surface area contributed by atoms with Crippen molar-refractivity contribution < 1.29 is 14.7 Å². The summed E-state index contributed by atoms with van der Waals surface area (Å²) in [6.07, 6.45) is 4.21. The summed E-state index contributed by atoms with van der Waals surface area (Å²) >= 11 is 0. The van der Waals surface area contributed by atoms with Gasteiger partial charge in [-0.25, -0.2) is 0 Å². The van der Waals surface area contributed by atoms with Crippen LogP contribution in [0, 0.1) is 11.8 Å². The molecule has 0 radical (unpaired) electrons. The van der Waals surface area contributed by atoms with Crippen LogP contribution in [0.3, 0.4) is 0 Å². The van der Waals surface area contributed by atoms with E-state index in [9.17, 15) is 14.7 Å². The molecule has 2 aliphatic rings. The third kappa shape index (κ3) is 3.57. The summed E-state index contributed by atoms with van der Waals surface area (Å²) in [5, 5.41) is 9.24. The summed E-state index contributed by atoms with van der Waals surface area (Å²) in [4.78, 5) is 28.2. The Balaban J connectivity index is 1.92.